The van der Waals surface area contributed by atoms with Gasteiger partial charge in [-0.3, -0.25) is 9.59 Å². The molecule has 0 radical (unpaired) electrons. The van der Waals surface area contributed by atoms with Crippen molar-refractivity contribution in [2.75, 3.05) is 27.4 Å². The zero-order valence-corrected chi connectivity index (χ0v) is 21.6. The summed E-state index contributed by atoms with van der Waals surface area (Å²) in [6, 6.07) is 10.9. The summed E-state index contributed by atoms with van der Waals surface area (Å²) in [5.74, 6) is 2.00. The minimum Gasteiger partial charge on any atom is -0.493 e. The molecule has 2 aromatic rings. The molecule has 0 aromatic heterocycles. The molecule has 2 rings (SSSR count). The number of ether oxygens (including phenoxy) is 4. The van der Waals surface area contributed by atoms with Gasteiger partial charge in [0.05, 0.1) is 32.8 Å². The molecule has 0 aliphatic heterocycles. The van der Waals surface area contributed by atoms with E-state index in [1.807, 2.05) is 39.8 Å². The lowest BCUT2D eigenvalue weighted by Crippen LogP contribution is -2.36. The molecular formula is C29H36O6. The average Bonchev–Trinajstić information content (AvgIpc) is 2.88. The molecule has 0 saturated heterocycles. The Kier molecular flexibility index (Phi) is 10.6. The molecule has 188 valence electrons. The maximum atomic E-state index is 13.3. The summed E-state index contributed by atoms with van der Waals surface area (Å²) in [5.41, 5.74) is 0.436. The molecule has 0 unspecified atom stereocenters. The molecule has 0 heterocycles. The minimum absolute atomic E-state index is 0.228. The molecule has 0 aliphatic rings. The standard InChI is InChI=1S/C29H36O6/c1-7-29(8-2,27(30)17-13-21-11-15-23(34-9-3)25(19-21)32-5)28(31)18-14-22-12-16-24(35-10-4)26(20-22)33-6/h11-20H,7-10H2,1-6H3. The van der Waals surface area contributed by atoms with Gasteiger partial charge in [-0.2, -0.15) is 0 Å². The van der Waals surface area contributed by atoms with Crippen LogP contribution in [-0.2, 0) is 9.59 Å². The van der Waals surface area contributed by atoms with Gasteiger partial charge in [-0.25, -0.2) is 0 Å². The molecule has 2 aromatic carbocycles. The lowest BCUT2D eigenvalue weighted by molar-refractivity contribution is -0.135. The first-order chi connectivity index (χ1) is 16.9. The van der Waals surface area contributed by atoms with E-state index in [4.69, 9.17) is 18.9 Å². The van der Waals surface area contributed by atoms with Crippen LogP contribution in [0.15, 0.2) is 48.6 Å². The van der Waals surface area contributed by atoms with Crippen LogP contribution < -0.4 is 18.9 Å². The summed E-state index contributed by atoms with van der Waals surface area (Å²) in [6.45, 7) is 8.58. The Balaban J connectivity index is 2.26. The first-order valence-corrected chi connectivity index (χ1v) is 12.0. The van der Waals surface area contributed by atoms with Crippen molar-refractivity contribution in [1.82, 2.24) is 0 Å². The molecule has 6 nitrogen and oxygen atoms in total. The molecule has 0 fully saturated rings. The van der Waals surface area contributed by atoms with Crippen LogP contribution in [0.25, 0.3) is 12.2 Å². The zero-order valence-electron chi connectivity index (χ0n) is 21.6. The normalized spacial score (nSPS) is 11.6. The number of carbonyl (C=O) groups is 2. The van der Waals surface area contributed by atoms with Crippen molar-refractivity contribution >= 4 is 23.7 Å². The number of methoxy groups -OCH3 is 2. The summed E-state index contributed by atoms with van der Waals surface area (Å²) >= 11 is 0. The van der Waals surface area contributed by atoms with Crippen molar-refractivity contribution < 1.29 is 28.5 Å². The lowest BCUT2D eigenvalue weighted by Gasteiger charge is -2.25. The van der Waals surface area contributed by atoms with Crippen LogP contribution in [0.3, 0.4) is 0 Å². The van der Waals surface area contributed by atoms with E-state index < -0.39 is 5.41 Å². The van der Waals surface area contributed by atoms with E-state index in [0.29, 0.717) is 49.1 Å². The van der Waals surface area contributed by atoms with Crippen LogP contribution in [0.1, 0.15) is 51.7 Å². The second kappa shape index (κ2) is 13.4. The highest BCUT2D eigenvalue weighted by atomic mass is 16.5. The number of benzene rings is 2. The molecule has 0 aliphatic carbocycles. The van der Waals surface area contributed by atoms with Crippen LogP contribution >= 0.6 is 0 Å². The van der Waals surface area contributed by atoms with Crippen molar-refractivity contribution in [3.05, 3.63) is 59.7 Å². The Morgan fingerprint density at radius 1 is 0.686 bits per heavy atom. The number of carbonyl (C=O) groups excluding carboxylic acids is 2. The monoisotopic (exact) mass is 480 g/mol. The van der Waals surface area contributed by atoms with Crippen molar-refractivity contribution in [2.24, 2.45) is 5.41 Å². The summed E-state index contributed by atoms with van der Waals surface area (Å²) in [6.07, 6.45) is 7.16. The predicted octanol–water partition coefficient (Wildman–Crippen LogP) is 6.17. The Labute approximate surface area is 208 Å². The maximum absolute atomic E-state index is 13.3. The Morgan fingerprint density at radius 2 is 1.09 bits per heavy atom. The van der Waals surface area contributed by atoms with Crippen LogP contribution in [0.2, 0.25) is 0 Å². The molecule has 0 spiro atoms. The van der Waals surface area contributed by atoms with Crippen LogP contribution in [-0.4, -0.2) is 39.0 Å². The Bertz CT molecular complexity index is 981. The van der Waals surface area contributed by atoms with Crippen molar-refractivity contribution in [3.63, 3.8) is 0 Å². The second-order valence-corrected chi connectivity index (χ2v) is 7.87. The van der Waals surface area contributed by atoms with E-state index >= 15 is 0 Å². The summed E-state index contributed by atoms with van der Waals surface area (Å²) in [4.78, 5) is 26.5. The SMILES string of the molecule is CCOc1ccc(C=CC(=O)C(CC)(CC)C(=O)C=Cc2ccc(OCC)c(OC)c2)cc1OC. The van der Waals surface area contributed by atoms with E-state index in [1.54, 1.807) is 50.6 Å². The average molecular weight is 481 g/mol. The Hall–Kier alpha value is -3.54. The number of hydrogen-bond donors (Lipinski definition) is 0. The van der Waals surface area contributed by atoms with Gasteiger partial charge in [-0.1, -0.05) is 38.1 Å². The third-order valence-electron chi connectivity index (χ3n) is 5.98. The zero-order chi connectivity index (χ0) is 25.8. The fourth-order valence-corrected chi connectivity index (χ4v) is 3.86. The number of rotatable bonds is 14. The van der Waals surface area contributed by atoms with Crippen molar-refractivity contribution in [1.29, 1.82) is 0 Å². The van der Waals surface area contributed by atoms with Gasteiger partial charge in [0.2, 0.25) is 0 Å². The molecule has 6 heteroatoms. The third-order valence-corrected chi connectivity index (χ3v) is 5.98. The molecule has 0 N–H and O–H groups in total. The highest BCUT2D eigenvalue weighted by Gasteiger charge is 2.39. The quantitative estimate of drug-likeness (QED) is 0.238. The largest absolute Gasteiger partial charge is 0.493 e. The first kappa shape index (κ1) is 27.7. The highest BCUT2D eigenvalue weighted by molar-refractivity contribution is 6.17. The van der Waals surface area contributed by atoms with Gasteiger partial charge < -0.3 is 18.9 Å². The van der Waals surface area contributed by atoms with Gasteiger partial charge in [-0.15, -0.1) is 0 Å². The fourth-order valence-electron chi connectivity index (χ4n) is 3.86. The number of hydrogen-bond acceptors (Lipinski definition) is 6. The minimum atomic E-state index is -1.13. The van der Waals surface area contributed by atoms with Crippen molar-refractivity contribution in [3.8, 4) is 23.0 Å². The highest BCUT2D eigenvalue weighted by Crippen LogP contribution is 2.33. The topological polar surface area (TPSA) is 71.1 Å². The van der Waals surface area contributed by atoms with Gasteiger partial charge in [0.25, 0.3) is 0 Å². The molecule has 0 atom stereocenters. The van der Waals surface area contributed by atoms with Crippen molar-refractivity contribution in [2.45, 2.75) is 40.5 Å². The van der Waals surface area contributed by atoms with Gasteiger partial charge >= 0.3 is 0 Å². The molecule has 0 bridgehead atoms. The first-order valence-electron chi connectivity index (χ1n) is 12.0. The summed E-state index contributed by atoms with van der Waals surface area (Å²) < 4.78 is 21.8. The maximum Gasteiger partial charge on any atom is 0.169 e. The molecule has 35 heavy (non-hydrogen) atoms. The van der Waals surface area contributed by atoms with Gasteiger partial charge in [0.15, 0.2) is 34.6 Å². The van der Waals surface area contributed by atoms with E-state index in [0.717, 1.165) is 11.1 Å². The fraction of sp³-hybridized carbons (Fsp3) is 0.379. The third kappa shape index (κ3) is 6.75. The number of allylic oxidation sites excluding steroid dienone is 2. The summed E-state index contributed by atoms with van der Waals surface area (Å²) in [5, 5.41) is 0. The van der Waals surface area contributed by atoms with Gasteiger partial charge in [0.1, 0.15) is 0 Å². The smallest absolute Gasteiger partial charge is 0.169 e. The number of ketones is 2. The Morgan fingerprint density at radius 3 is 1.40 bits per heavy atom. The van der Waals surface area contributed by atoms with Gasteiger partial charge in [0, 0.05) is 0 Å². The van der Waals surface area contributed by atoms with Gasteiger partial charge in [-0.05, 0) is 74.2 Å². The molecular weight excluding hydrogens is 444 g/mol. The summed E-state index contributed by atoms with van der Waals surface area (Å²) in [7, 11) is 3.14. The van der Waals surface area contributed by atoms with Crippen LogP contribution in [0.5, 0.6) is 23.0 Å². The molecule has 0 saturated carbocycles. The van der Waals surface area contributed by atoms with E-state index in [-0.39, 0.29) is 11.6 Å². The van der Waals surface area contributed by atoms with Crippen LogP contribution in [0.4, 0.5) is 0 Å². The van der Waals surface area contributed by atoms with E-state index in [1.165, 1.54) is 12.2 Å². The second-order valence-electron chi connectivity index (χ2n) is 7.87. The van der Waals surface area contributed by atoms with Crippen LogP contribution in [0, 0.1) is 5.41 Å². The predicted molar refractivity (Wildman–Crippen MR) is 139 cm³/mol. The van der Waals surface area contributed by atoms with E-state index in [2.05, 4.69) is 0 Å². The molecule has 0 amide bonds. The van der Waals surface area contributed by atoms with E-state index in [9.17, 15) is 9.59 Å². The lowest BCUT2D eigenvalue weighted by atomic mass is 9.74.